The highest BCUT2D eigenvalue weighted by Gasteiger charge is 2.28. The van der Waals surface area contributed by atoms with Crippen molar-refractivity contribution in [2.45, 2.75) is 42.5 Å². The Hall–Kier alpha value is -4.43. The molecule has 0 radical (unpaired) electrons. The summed E-state index contributed by atoms with van der Waals surface area (Å²) in [4.78, 5) is 41.0. The molecule has 1 aromatic heterocycles. The van der Waals surface area contributed by atoms with Crippen LogP contribution in [-0.2, 0) is 33.9 Å². The number of rotatable bonds is 11. The third-order valence-corrected chi connectivity index (χ3v) is 9.39. The van der Waals surface area contributed by atoms with Gasteiger partial charge >= 0.3 is 5.97 Å². The Labute approximate surface area is 258 Å². The second-order valence-corrected chi connectivity index (χ2v) is 12.4. The van der Waals surface area contributed by atoms with Crippen molar-refractivity contribution in [3.05, 3.63) is 112 Å². The van der Waals surface area contributed by atoms with Crippen LogP contribution < -0.4 is 10.6 Å². The third-order valence-electron chi connectivity index (χ3n) is 7.01. The van der Waals surface area contributed by atoms with Gasteiger partial charge in [0, 0.05) is 41.5 Å². The first kappa shape index (κ1) is 30.0. The van der Waals surface area contributed by atoms with Crippen molar-refractivity contribution in [3.63, 3.8) is 0 Å². The van der Waals surface area contributed by atoms with E-state index in [2.05, 4.69) is 33.7 Å². The number of anilines is 2. The van der Waals surface area contributed by atoms with Crippen molar-refractivity contribution < 1.29 is 19.5 Å². The molecule has 0 saturated carbocycles. The molecule has 1 unspecified atom stereocenters. The molecule has 3 aromatic carbocycles. The van der Waals surface area contributed by atoms with Crippen LogP contribution in [0.5, 0.6) is 0 Å². The highest BCUT2D eigenvalue weighted by molar-refractivity contribution is 8.00. The van der Waals surface area contributed by atoms with Gasteiger partial charge in [-0.3, -0.25) is 19.3 Å². The van der Waals surface area contributed by atoms with Crippen LogP contribution in [0.15, 0.2) is 89.8 Å². The van der Waals surface area contributed by atoms with E-state index in [1.165, 1.54) is 28.7 Å². The number of nitrogens with zero attached hydrogens (tertiary/aromatic N) is 2. The molecule has 0 fully saturated rings. The van der Waals surface area contributed by atoms with Gasteiger partial charge in [-0.25, -0.2) is 0 Å². The maximum Gasteiger partial charge on any atom is 0.303 e. The number of aliphatic carboxylic acids is 1. The van der Waals surface area contributed by atoms with Crippen LogP contribution in [-0.4, -0.2) is 34.3 Å². The summed E-state index contributed by atoms with van der Waals surface area (Å²) in [5.74, 6) is -1.68. The molecule has 5 rings (SSSR count). The highest BCUT2D eigenvalue weighted by atomic mass is 32.2. The number of fused-ring (bicyclic) bond motifs is 1. The molecule has 2 heterocycles. The first-order chi connectivity index (χ1) is 20.9. The van der Waals surface area contributed by atoms with Crippen LogP contribution in [0.3, 0.4) is 0 Å². The molecular weight excluding hydrogens is 581 g/mol. The lowest BCUT2D eigenvalue weighted by Crippen LogP contribution is -2.29. The van der Waals surface area contributed by atoms with Crippen molar-refractivity contribution >= 4 is 51.6 Å². The summed E-state index contributed by atoms with van der Waals surface area (Å²) in [6.07, 6.45) is 0.371. The van der Waals surface area contributed by atoms with Crippen molar-refractivity contribution in [1.29, 1.82) is 5.26 Å². The van der Waals surface area contributed by atoms with Gasteiger partial charge in [-0.05, 0) is 41.3 Å². The molecule has 1 atom stereocenters. The molecule has 0 saturated heterocycles. The molecule has 4 aromatic rings. The van der Waals surface area contributed by atoms with Gasteiger partial charge in [0.15, 0.2) is 0 Å². The van der Waals surface area contributed by atoms with E-state index in [4.69, 9.17) is 5.11 Å². The fraction of sp³-hybridized carbons (Fsp3) is 0.212. The van der Waals surface area contributed by atoms with Crippen LogP contribution in [0.2, 0.25) is 0 Å². The zero-order chi connectivity index (χ0) is 30.2. The van der Waals surface area contributed by atoms with Gasteiger partial charge in [0.25, 0.3) is 0 Å². The fourth-order valence-corrected chi connectivity index (χ4v) is 7.27. The number of carbonyl (C=O) groups excluding carboxylic acids is 2. The number of carboxylic acids is 1. The Kier molecular flexibility index (Phi) is 9.89. The molecule has 8 nitrogen and oxygen atoms in total. The van der Waals surface area contributed by atoms with Crippen molar-refractivity contribution in [2.75, 3.05) is 17.2 Å². The zero-order valence-electron chi connectivity index (χ0n) is 23.3. The second-order valence-electron chi connectivity index (χ2n) is 10.1. The molecule has 3 N–H and O–H groups in total. The predicted octanol–water partition coefficient (Wildman–Crippen LogP) is 6.45. The van der Waals surface area contributed by atoms with E-state index in [0.29, 0.717) is 16.3 Å². The van der Waals surface area contributed by atoms with Gasteiger partial charge < -0.3 is 15.7 Å². The number of nitriles is 1. The van der Waals surface area contributed by atoms with Gasteiger partial charge in [0.2, 0.25) is 11.8 Å². The molecule has 2 amide bonds. The molecule has 0 aliphatic carbocycles. The Morgan fingerprint density at radius 1 is 0.977 bits per heavy atom. The monoisotopic (exact) mass is 610 g/mol. The van der Waals surface area contributed by atoms with E-state index < -0.39 is 17.1 Å². The minimum absolute atomic E-state index is 0.127. The summed E-state index contributed by atoms with van der Waals surface area (Å²) in [5.41, 5.74) is 4.11. The molecule has 218 valence electrons. The SMILES string of the molecule is N#Cc1c(NC(=O)C(Sc2cccc(NC(=O)CCC(=O)O)c2)c2ccccc2)sc2c1CCN(Cc1ccccc1)C2. The summed E-state index contributed by atoms with van der Waals surface area (Å²) < 4.78 is 0. The van der Waals surface area contributed by atoms with E-state index in [0.717, 1.165) is 47.0 Å². The lowest BCUT2D eigenvalue weighted by atomic mass is 10.0. The summed E-state index contributed by atoms with van der Waals surface area (Å²) in [7, 11) is 0. The minimum atomic E-state index is -1.04. The fourth-order valence-electron chi connectivity index (χ4n) is 4.94. The molecule has 0 spiro atoms. The third kappa shape index (κ3) is 7.90. The summed E-state index contributed by atoms with van der Waals surface area (Å²) >= 11 is 2.80. The largest absolute Gasteiger partial charge is 0.481 e. The maximum absolute atomic E-state index is 13.8. The standard InChI is InChI=1S/C33H30N4O4S2/c34-19-27-26-16-17-37(20-22-8-3-1-4-9-22)21-28(26)43-33(27)36-32(41)31(23-10-5-2-6-11-23)42-25-13-7-12-24(18-25)35-29(38)14-15-30(39)40/h1-13,18,31H,14-17,20-21H2,(H,35,38)(H,36,41)(H,39,40). The summed E-state index contributed by atoms with van der Waals surface area (Å²) in [5, 5.41) is 24.6. The number of thiophene rings is 1. The van der Waals surface area contributed by atoms with Crippen LogP contribution in [0.25, 0.3) is 0 Å². The summed E-state index contributed by atoms with van der Waals surface area (Å²) in [6.45, 7) is 2.39. The van der Waals surface area contributed by atoms with Gasteiger partial charge in [0.1, 0.15) is 16.3 Å². The van der Waals surface area contributed by atoms with E-state index in [1.54, 1.807) is 18.2 Å². The van der Waals surface area contributed by atoms with Crippen LogP contribution in [0.4, 0.5) is 10.7 Å². The lowest BCUT2D eigenvalue weighted by molar-refractivity contribution is -0.138. The highest BCUT2D eigenvalue weighted by Crippen LogP contribution is 2.41. The van der Waals surface area contributed by atoms with Crippen LogP contribution in [0.1, 0.15) is 45.2 Å². The van der Waals surface area contributed by atoms with Gasteiger partial charge in [-0.15, -0.1) is 23.1 Å². The molecule has 0 bridgehead atoms. The van der Waals surface area contributed by atoms with E-state index in [9.17, 15) is 19.6 Å². The first-order valence-corrected chi connectivity index (χ1v) is 15.5. The van der Waals surface area contributed by atoms with Crippen LogP contribution >= 0.6 is 23.1 Å². The first-order valence-electron chi connectivity index (χ1n) is 13.8. The smallest absolute Gasteiger partial charge is 0.303 e. The number of hydrogen-bond acceptors (Lipinski definition) is 7. The number of nitrogens with one attached hydrogen (secondary N) is 2. The number of thioether (sulfide) groups is 1. The van der Waals surface area contributed by atoms with Gasteiger partial charge in [0.05, 0.1) is 12.0 Å². The maximum atomic E-state index is 13.8. The Balaban J connectivity index is 1.33. The Morgan fingerprint density at radius 2 is 1.72 bits per heavy atom. The van der Waals surface area contributed by atoms with Crippen LogP contribution in [0, 0.1) is 11.3 Å². The second kappa shape index (κ2) is 14.2. The molecular formula is C33H30N4O4S2. The van der Waals surface area contributed by atoms with E-state index in [1.807, 2.05) is 54.6 Å². The van der Waals surface area contributed by atoms with E-state index >= 15 is 0 Å². The lowest BCUT2D eigenvalue weighted by Gasteiger charge is -2.26. The van der Waals surface area contributed by atoms with Crippen molar-refractivity contribution in [1.82, 2.24) is 4.90 Å². The average molecular weight is 611 g/mol. The average Bonchev–Trinajstić information content (AvgIpc) is 3.35. The number of carboxylic acid groups (broad SMARTS) is 1. The summed E-state index contributed by atoms with van der Waals surface area (Å²) in [6, 6.07) is 29.2. The zero-order valence-corrected chi connectivity index (χ0v) is 24.9. The topological polar surface area (TPSA) is 123 Å². The molecule has 43 heavy (non-hydrogen) atoms. The van der Waals surface area contributed by atoms with Gasteiger partial charge in [-0.2, -0.15) is 5.26 Å². The Morgan fingerprint density at radius 3 is 2.44 bits per heavy atom. The van der Waals surface area contributed by atoms with Crippen molar-refractivity contribution in [2.24, 2.45) is 0 Å². The number of hydrogen-bond donors (Lipinski definition) is 3. The quantitative estimate of drug-likeness (QED) is 0.167. The minimum Gasteiger partial charge on any atom is -0.481 e. The van der Waals surface area contributed by atoms with Gasteiger partial charge in [-0.1, -0.05) is 66.7 Å². The molecule has 10 heteroatoms. The predicted molar refractivity (Wildman–Crippen MR) is 169 cm³/mol. The molecule has 1 aliphatic heterocycles. The van der Waals surface area contributed by atoms with E-state index in [-0.39, 0.29) is 18.7 Å². The number of benzene rings is 3. The number of carbonyl (C=O) groups is 3. The number of amides is 2. The van der Waals surface area contributed by atoms with Crippen molar-refractivity contribution in [3.8, 4) is 6.07 Å². The normalized spacial score (nSPS) is 13.4. The Bertz CT molecular complexity index is 1650. The molecule has 1 aliphatic rings.